The maximum Gasteiger partial charge on any atom is 0.326 e. The number of H-pyrrole nitrogens is 1. The second-order valence-electron chi connectivity index (χ2n) is 5.93. The Morgan fingerprint density at radius 3 is 2.68 bits per heavy atom. The quantitative estimate of drug-likeness (QED) is 0.747. The molecule has 1 amide bonds. The van der Waals surface area contributed by atoms with Crippen LogP contribution in [0.1, 0.15) is 36.7 Å². The highest BCUT2D eigenvalue weighted by molar-refractivity contribution is 5.97. The molecule has 0 radical (unpaired) electrons. The third kappa shape index (κ3) is 3.22. The van der Waals surface area contributed by atoms with Crippen molar-refractivity contribution in [2.24, 2.45) is 0 Å². The molecule has 0 aliphatic heterocycles. The topological polar surface area (TPSA) is 75.9 Å². The molecule has 132 valence electrons. The minimum Gasteiger partial charge on any atom is -0.334 e. The number of aryl methyl sites for hydroxylation is 2. The zero-order valence-corrected chi connectivity index (χ0v) is 14.8. The van der Waals surface area contributed by atoms with Gasteiger partial charge >= 0.3 is 5.69 Å². The molecule has 0 spiro atoms. The van der Waals surface area contributed by atoms with Crippen LogP contribution in [0.4, 0.5) is 0 Å². The Morgan fingerprint density at radius 1 is 1.24 bits per heavy atom. The Hall–Kier alpha value is -2.83. The monoisotopic (exact) mass is 341 g/mol. The number of carbonyl (C=O) groups is 1. The van der Waals surface area contributed by atoms with Gasteiger partial charge in [-0.1, -0.05) is 0 Å². The summed E-state index contributed by atoms with van der Waals surface area (Å²) < 4.78 is 3.50. The maximum absolute atomic E-state index is 12.9. The van der Waals surface area contributed by atoms with Gasteiger partial charge in [0.1, 0.15) is 0 Å². The lowest BCUT2D eigenvalue weighted by Crippen LogP contribution is -2.30. The van der Waals surface area contributed by atoms with E-state index in [1.54, 1.807) is 27.8 Å². The number of nitrogens with zero attached hydrogens (tertiary/aromatic N) is 4. The Labute approximate surface area is 145 Å². The van der Waals surface area contributed by atoms with Crippen LogP contribution in [-0.2, 0) is 19.6 Å². The summed E-state index contributed by atoms with van der Waals surface area (Å²) in [7, 11) is 0. The third-order valence-electron chi connectivity index (χ3n) is 4.39. The van der Waals surface area contributed by atoms with Gasteiger partial charge in [-0.25, -0.2) is 4.79 Å². The molecular weight excluding hydrogens is 318 g/mol. The molecule has 0 fully saturated rings. The van der Waals surface area contributed by atoms with Gasteiger partial charge in [-0.3, -0.25) is 14.0 Å². The van der Waals surface area contributed by atoms with Crippen LogP contribution in [0.15, 0.2) is 35.4 Å². The molecule has 1 aromatic carbocycles. The van der Waals surface area contributed by atoms with Crippen LogP contribution in [0, 0.1) is 0 Å². The van der Waals surface area contributed by atoms with Gasteiger partial charge in [0.25, 0.3) is 5.91 Å². The number of hydrogen-bond donors (Lipinski definition) is 1. The molecular formula is C18H23N5O2. The van der Waals surface area contributed by atoms with Gasteiger partial charge in [-0.2, -0.15) is 5.10 Å². The fourth-order valence-corrected chi connectivity index (χ4v) is 3.00. The summed E-state index contributed by atoms with van der Waals surface area (Å²) in [5.41, 5.74) is 2.93. The first-order valence-corrected chi connectivity index (χ1v) is 8.60. The predicted molar refractivity (Wildman–Crippen MR) is 96.5 cm³/mol. The van der Waals surface area contributed by atoms with Crippen molar-refractivity contribution in [2.75, 3.05) is 6.54 Å². The number of amides is 1. The molecule has 7 nitrogen and oxygen atoms in total. The average Bonchev–Trinajstić information content (AvgIpc) is 3.20. The average molecular weight is 341 g/mol. The van der Waals surface area contributed by atoms with Crippen molar-refractivity contribution in [3.05, 3.63) is 52.2 Å². The van der Waals surface area contributed by atoms with E-state index in [1.165, 1.54) is 0 Å². The van der Waals surface area contributed by atoms with Crippen molar-refractivity contribution in [2.45, 2.75) is 40.4 Å². The second kappa shape index (κ2) is 6.96. The Bertz CT molecular complexity index is 950. The molecule has 1 N–H and O–H groups in total. The number of aromatic amines is 1. The molecule has 0 saturated heterocycles. The fraction of sp³-hybridized carbons (Fsp3) is 0.389. The summed E-state index contributed by atoms with van der Waals surface area (Å²) >= 11 is 0. The van der Waals surface area contributed by atoms with Gasteiger partial charge in [-0.05, 0) is 39.0 Å². The second-order valence-corrected chi connectivity index (χ2v) is 5.93. The van der Waals surface area contributed by atoms with Crippen molar-refractivity contribution in [1.82, 2.24) is 24.2 Å². The van der Waals surface area contributed by atoms with E-state index in [4.69, 9.17) is 0 Å². The SMILES string of the molecule is CCN(Cc1cnn(CC)c1)C(=O)c1ccc2c(c1)[nH]c(=O)n2CC. The molecule has 0 aliphatic rings. The van der Waals surface area contributed by atoms with E-state index in [0.717, 1.165) is 17.6 Å². The van der Waals surface area contributed by atoms with E-state index in [0.29, 0.717) is 30.7 Å². The first-order chi connectivity index (χ1) is 12.1. The van der Waals surface area contributed by atoms with Crippen LogP contribution in [-0.4, -0.2) is 36.7 Å². The molecule has 0 aliphatic carbocycles. The normalized spacial score (nSPS) is 11.2. The molecule has 2 aromatic heterocycles. The molecule has 7 heteroatoms. The summed E-state index contributed by atoms with van der Waals surface area (Å²) in [4.78, 5) is 29.4. The first kappa shape index (κ1) is 17.0. The molecule has 2 heterocycles. The number of imidazole rings is 1. The van der Waals surface area contributed by atoms with Gasteiger partial charge in [0.15, 0.2) is 0 Å². The van der Waals surface area contributed by atoms with E-state index in [-0.39, 0.29) is 11.6 Å². The van der Waals surface area contributed by atoms with Crippen LogP contribution in [0.2, 0.25) is 0 Å². The van der Waals surface area contributed by atoms with Crippen LogP contribution < -0.4 is 5.69 Å². The zero-order valence-electron chi connectivity index (χ0n) is 14.8. The summed E-state index contributed by atoms with van der Waals surface area (Å²) in [5, 5.41) is 4.25. The van der Waals surface area contributed by atoms with Crippen LogP contribution in [0.3, 0.4) is 0 Å². The number of hydrogen-bond acceptors (Lipinski definition) is 3. The summed E-state index contributed by atoms with van der Waals surface area (Å²) in [6.45, 7) is 8.41. The Morgan fingerprint density at radius 2 is 2.04 bits per heavy atom. The fourth-order valence-electron chi connectivity index (χ4n) is 3.00. The van der Waals surface area contributed by atoms with Crippen molar-refractivity contribution in [3.63, 3.8) is 0 Å². The summed E-state index contributed by atoms with van der Waals surface area (Å²) in [6, 6.07) is 5.36. The van der Waals surface area contributed by atoms with Gasteiger partial charge in [-0.15, -0.1) is 0 Å². The minimum atomic E-state index is -0.151. The largest absolute Gasteiger partial charge is 0.334 e. The van der Waals surface area contributed by atoms with Gasteiger partial charge in [0.05, 0.1) is 17.2 Å². The molecule has 3 rings (SSSR count). The standard InChI is InChI=1S/C18H23N5O2/c1-4-21(11-13-10-19-22(5-2)12-13)17(24)14-7-8-16-15(9-14)20-18(25)23(16)6-3/h7-10,12H,4-6,11H2,1-3H3,(H,20,25). The number of fused-ring (bicyclic) bond motifs is 1. The van der Waals surface area contributed by atoms with E-state index in [1.807, 2.05) is 37.7 Å². The lowest BCUT2D eigenvalue weighted by molar-refractivity contribution is 0.0752. The highest BCUT2D eigenvalue weighted by atomic mass is 16.2. The lowest BCUT2D eigenvalue weighted by Gasteiger charge is -2.20. The molecule has 0 unspecified atom stereocenters. The van der Waals surface area contributed by atoms with Gasteiger partial charge in [0.2, 0.25) is 0 Å². The highest BCUT2D eigenvalue weighted by Crippen LogP contribution is 2.16. The molecule has 25 heavy (non-hydrogen) atoms. The lowest BCUT2D eigenvalue weighted by atomic mass is 10.1. The maximum atomic E-state index is 12.9. The smallest absolute Gasteiger partial charge is 0.326 e. The van der Waals surface area contributed by atoms with E-state index >= 15 is 0 Å². The van der Waals surface area contributed by atoms with E-state index < -0.39 is 0 Å². The van der Waals surface area contributed by atoms with Crippen LogP contribution in [0.5, 0.6) is 0 Å². The van der Waals surface area contributed by atoms with Crippen LogP contribution in [0.25, 0.3) is 11.0 Å². The van der Waals surface area contributed by atoms with Crippen molar-refractivity contribution < 1.29 is 4.79 Å². The van der Waals surface area contributed by atoms with E-state index in [2.05, 4.69) is 10.1 Å². The van der Waals surface area contributed by atoms with Crippen LogP contribution >= 0.6 is 0 Å². The highest BCUT2D eigenvalue weighted by Gasteiger charge is 2.17. The van der Waals surface area contributed by atoms with E-state index in [9.17, 15) is 9.59 Å². The molecule has 0 atom stereocenters. The van der Waals surface area contributed by atoms with Crippen molar-refractivity contribution in [1.29, 1.82) is 0 Å². The van der Waals surface area contributed by atoms with Crippen molar-refractivity contribution in [3.8, 4) is 0 Å². The predicted octanol–water partition coefficient (Wildman–Crippen LogP) is 2.23. The summed E-state index contributed by atoms with van der Waals surface area (Å²) in [5.74, 6) is -0.0567. The molecule has 0 bridgehead atoms. The first-order valence-electron chi connectivity index (χ1n) is 8.60. The van der Waals surface area contributed by atoms with Gasteiger partial charge in [0, 0.05) is 43.5 Å². The Kier molecular flexibility index (Phi) is 4.74. The minimum absolute atomic E-state index is 0.0567. The zero-order chi connectivity index (χ0) is 18.0. The number of rotatable bonds is 6. The number of benzene rings is 1. The van der Waals surface area contributed by atoms with Gasteiger partial charge < -0.3 is 9.88 Å². The number of carbonyl (C=O) groups excluding carboxylic acids is 1. The summed E-state index contributed by atoms with van der Waals surface area (Å²) in [6.07, 6.45) is 3.75. The van der Waals surface area contributed by atoms with Crippen molar-refractivity contribution >= 4 is 16.9 Å². The molecule has 0 saturated carbocycles. The molecule has 3 aromatic rings. The number of aromatic nitrogens is 4. The third-order valence-corrected chi connectivity index (χ3v) is 4.39. The number of nitrogens with one attached hydrogen (secondary N) is 1. The Balaban J connectivity index is 1.87.